The zero-order chi connectivity index (χ0) is 20.1. The number of aromatic nitrogens is 2. The van der Waals surface area contributed by atoms with Gasteiger partial charge in [-0.15, -0.1) is 0 Å². The molecule has 1 aromatic heterocycles. The van der Waals surface area contributed by atoms with Gasteiger partial charge >= 0.3 is 0 Å². The highest BCUT2D eigenvalue weighted by Crippen LogP contribution is 2.24. The molecule has 0 aliphatic rings. The molecule has 28 heavy (non-hydrogen) atoms. The second-order valence-corrected chi connectivity index (χ2v) is 7.47. The number of amides is 1. The number of carbonyl (C=O) groups excluding carboxylic acids is 1. The molecular formula is C22H24BrN3O2. The lowest BCUT2D eigenvalue weighted by Crippen LogP contribution is -2.27. The minimum atomic E-state index is -0.105. The summed E-state index contributed by atoms with van der Waals surface area (Å²) < 4.78 is 8.66. The van der Waals surface area contributed by atoms with Crippen molar-refractivity contribution in [2.45, 2.75) is 40.0 Å². The van der Waals surface area contributed by atoms with E-state index in [-0.39, 0.29) is 11.9 Å². The van der Waals surface area contributed by atoms with Crippen LogP contribution in [0.15, 0.2) is 59.2 Å². The summed E-state index contributed by atoms with van der Waals surface area (Å²) in [5, 5.41) is 7.39. The van der Waals surface area contributed by atoms with E-state index in [1.54, 1.807) is 0 Å². The fraction of sp³-hybridized carbons (Fsp3) is 0.273. The van der Waals surface area contributed by atoms with Crippen molar-refractivity contribution in [3.05, 3.63) is 81.6 Å². The molecule has 0 saturated carbocycles. The van der Waals surface area contributed by atoms with Crippen molar-refractivity contribution in [2.75, 3.05) is 0 Å². The third-order valence-corrected chi connectivity index (χ3v) is 5.36. The lowest BCUT2D eigenvalue weighted by atomic mass is 10.1. The maximum Gasteiger partial charge on any atom is 0.251 e. The first-order chi connectivity index (χ1) is 13.5. The van der Waals surface area contributed by atoms with Crippen molar-refractivity contribution in [3.8, 4) is 5.75 Å². The van der Waals surface area contributed by atoms with Crippen molar-refractivity contribution < 1.29 is 9.53 Å². The van der Waals surface area contributed by atoms with E-state index < -0.39 is 0 Å². The summed E-state index contributed by atoms with van der Waals surface area (Å²) in [7, 11) is 0. The van der Waals surface area contributed by atoms with Crippen molar-refractivity contribution in [2.24, 2.45) is 0 Å². The summed E-state index contributed by atoms with van der Waals surface area (Å²) in [6.45, 7) is 7.30. The number of para-hydroxylation sites is 1. The Morgan fingerprint density at radius 3 is 2.57 bits per heavy atom. The fourth-order valence-corrected chi connectivity index (χ4v) is 3.44. The Morgan fingerprint density at radius 1 is 1.21 bits per heavy atom. The first-order valence-corrected chi connectivity index (χ1v) is 10.1. The summed E-state index contributed by atoms with van der Waals surface area (Å²) >= 11 is 3.47. The highest BCUT2D eigenvalue weighted by molar-refractivity contribution is 9.10. The van der Waals surface area contributed by atoms with Crippen molar-refractivity contribution >= 4 is 21.8 Å². The van der Waals surface area contributed by atoms with Crippen LogP contribution in [0.2, 0.25) is 0 Å². The zero-order valence-corrected chi connectivity index (χ0v) is 17.9. The third-order valence-electron chi connectivity index (χ3n) is 4.70. The molecule has 0 spiro atoms. The monoisotopic (exact) mass is 441 g/mol. The molecule has 0 fully saturated rings. The Hall–Kier alpha value is -2.60. The summed E-state index contributed by atoms with van der Waals surface area (Å²) in [6.07, 6.45) is 1.83. The maximum atomic E-state index is 12.6. The van der Waals surface area contributed by atoms with Gasteiger partial charge in [-0.25, -0.2) is 0 Å². The average molecular weight is 442 g/mol. The van der Waals surface area contributed by atoms with E-state index in [2.05, 4.69) is 33.3 Å². The number of hydrogen-bond acceptors (Lipinski definition) is 3. The quantitative estimate of drug-likeness (QED) is 0.558. The van der Waals surface area contributed by atoms with Crippen LogP contribution in [0.3, 0.4) is 0 Å². The van der Waals surface area contributed by atoms with Crippen molar-refractivity contribution in [1.29, 1.82) is 0 Å². The van der Waals surface area contributed by atoms with Gasteiger partial charge in [0.2, 0.25) is 0 Å². The van der Waals surface area contributed by atoms with Gasteiger partial charge in [0.15, 0.2) is 0 Å². The van der Waals surface area contributed by atoms with E-state index >= 15 is 0 Å². The molecule has 1 amide bonds. The predicted molar refractivity (Wildman–Crippen MR) is 113 cm³/mol. The molecule has 1 atom stereocenters. The number of halogens is 1. The van der Waals surface area contributed by atoms with E-state index in [0.717, 1.165) is 33.6 Å². The molecule has 3 rings (SSSR count). The Bertz CT molecular complexity index is 951. The highest BCUT2D eigenvalue weighted by Gasteiger charge is 2.16. The minimum absolute atomic E-state index is 0.102. The molecule has 0 bridgehead atoms. The van der Waals surface area contributed by atoms with Gasteiger partial charge in [-0.05, 0) is 66.5 Å². The van der Waals surface area contributed by atoms with Crippen LogP contribution in [-0.2, 0) is 13.2 Å². The van der Waals surface area contributed by atoms with Gasteiger partial charge in [0.25, 0.3) is 5.91 Å². The van der Waals surface area contributed by atoms with E-state index in [1.807, 2.05) is 73.3 Å². The van der Waals surface area contributed by atoms with Crippen molar-refractivity contribution in [3.63, 3.8) is 0 Å². The molecule has 1 heterocycles. The number of ether oxygens (including phenoxy) is 1. The fourth-order valence-electron chi connectivity index (χ4n) is 3.04. The molecule has 0 aliphatic carbocycles. The summed E-state index contributed by atoms with van der Waals surface area (Å²) in [5.41, 5.74) is 3.74. The van der Waals surface area contributed by atoms with Crippen molar-refractivity contribution in [1.82, 2.24) is 15.1 Å². The number of rotatable bonds is 7. The standard InChI is InChI=1S/C22H24BrN3O2/c1-4-26-16(3)19(13-24-26)15(2)25-22(27)18-11-9-17(10-12-18)14-28-21-8-6-5-7-20(21)23/h5-13,15H,4,14H2,1-3H3,(H,25,27). The molecule has 146 valence electrons. The van der Waals surface area contributed by atoms with Gasteiger partial charge in [0.1, 0.15) is 12.4 Å². The summed E-state index contributed by atoms with van der Waals surface area (Å²) in [5.74, 6) is 0.690. The minimum Gasteiger partial charge on any atom is -0.488 e. The van der Waals surface area contributed by atoms with E-state index in [4.69, 9.17) is 4.74 Å². The Balaban J connectivity index is 1.60. The average Bonchev–Trinajstić information content (AvgIpc) is 3.08. The number of benzene rings is 2. The molecule has 1 unspecified atom stereocenters. The van der Waals surface area contributed by atoms with E-state index in [0.29, 0.717) is 12.2 Å². The van der Waals surface area contributed by atoms with Gasteiger partial charge in [-0.2, -0.15) is 5.10 Å². The van der Waals surface area contributed by atoms with Crippen LogP contribution >= 0.6 is 15.9 Å². The van der Waals surface area contributed by atoms with Gasteiger partial charge in [-0.1, -0.05) is 24.3 Å². The molecule has 5 nitrogen and oxygen atoms in total. The zero-order valence-electron chi connectivity index (χ0n) is 16.3. The molecule has 2 aromatic carbocycles. The van der Waals surface area contributed by atoms with Gasteiger partial charge in [-0.3, -0.25) is 9.48 Å². The van der Waals surface area contributed by atoms with Gasteiger partial charge < -0.3 is 10.1 Å². The van der Waals surface area contributed by atoms with Crippen LogP contribution < -0.4 is 10.1 Å². The smallest absolute Gasteiger partial charge is 0.251 e. The van der Waals surface area contributed by atoms with E-state index in [9.17, 15) is 4.79 Å². The largest absolute Gasteiger partial charge is 0.488 e. The summed E-state index contributed by atoms with van der Waals surface area (Å²) in [4.78, 5) is 12.6. The number of carbonyl (C=O) groups is 1. The van der Waals surface area contributed by atoms with Crippen LogP contribution in [-0.4, -0.2) is 15.7 Å². The van der Waals surface area contributed by atoms with Crippen LogP contribution in [0.4, 0.5) is 0 Å². The first kappa shape index (κ1) is 20.1. The van der Waals surface area contributed by atoms with Crippen LogP contribution in [0.1, 0.15) is 47.1 Å². The number of nitrogens with one attached hydrogen (secondary N) is 1. The van der Waals surface area contributed by atoms with Crippen LogP contribution in [0, 0.1) is 6.92 Å². The molecule has 0 aliphatic heterocycles. The summed E-state index contributed by atoms with van der Waals surface area (Å²) in [6, 6.07) is 15.1. The second-order valence-electron chi connectivity index (χ2n) is 6.61. The molecule has 0 radical (unpaired) electrons. The molecule has 6 heteroatoms. The molecule has 3 aromatic rings. The second kappa shape index (κ2) is 9.06. The Morgan fingerprint density at radius 2 is 1.93 bits per heavy atom. The van der Waals surface area contributed by atoms with Crippen LogP contribution in [0.25, 0.3) is 0 Å². The number of hydrogen-bond donors (Lipinski definition) is 1. The normalized spacial score (nSPS) is 11.9. The molecule has 0 saturated heterocycles. The van der Waals surface area contributed by atoms with Gasteiger partial charge in [0, 0.05) is 23.4 Å². The predicted octanol–water partition coefficient (Wildman–Crippen LogP) is 5.04. The molecule has 1 N–H and O–H groups in total. The number of nitrogens with zero attached hydrogens (tertiary/aromatic N) is 2. The maximum absolute atomic E-state index is 12.6. The molecular weight excluding hydrogens is 418 g/mol. The third kappa shape index (κ3) is 4.62. The van der Waals surface area contributed by atoms with Gasteiger partial charge in [0.05, 0.1) is 16.7 Å². The van der Waals surface area contributed by atoms with Crippen LogP contribution in [0.5, 0.6) is 5.75 Å². The Kier molecular flexibility index (Phi) is 6.52. The highest BCUT2D eigenvalue weighted by atomic mass is 79.9. The lowest BCUT2D eigenvalue weighted by Gasteiger charge is -2.14. The number of aryl methyl sites for hydroxylation is 1. The SMILES string of the molecule is CCn1ncc(C(C)NC(=O)c2ccc(COc3ccccc3Br)cc2)c1C. The topological polar surface area (TPSA) is 56.2 Å². The first-order valence-electron chi connectivity index (χ1n) is 9.29. The Labute approximate surface area is 173 Å². The lowest BCUT2D eigenvalue weighted by molar-refractivity contribution is 0.0939. The van der Waals surface area contributed by atoms with E-state index in [1.165, 1.54) is 0 Å².